The molecule has 0 aliphatic carbocycles. The van der Waals surface area contributed by atoms with Gasteiger partial charge in [0.25, 0.3) is 0 Å². The molecule has 2 aromatic rings. The third-order valence-corrected chi connectivity index (χ3v) is 3.96. The molecule has 132 valence electrons. The van der Waals surface area contributed by atoms with E-state index in [0.717, 1.165) is 22.5 Å². The summed E-state index contributed by atoms with van der Waals surface area (Å²) in [6.07, 6.45) is 0.906. The average Bonchev–Trinajstić information content (AvgIpc) is 3.04. The maximum atomic E-state index is 12.8. The molecule has 1 aliphatic heterocycles. The number of aliphatic imine (C=N–C) groups is 1. The van der Waals surface area contributed by atoms with Crippen LogP contribution in [0.25, 0.3) is 17.0 Å². The van der Waals surface area contributed by atoms with Crippen molar-refractivity contribution in [2.45, 2.75) is 19.6 Å². The monoisotopic (exact) mass is 343 g/mol. The van der Waals surface area contributed by atoms with E-state index in [1.165, 1.54) is 6.92 Å². The molecule has 3 rings (SSSR count). The van der Waals surface area contributed by atoms with E-state index in [9.17, 15) is 4.39 Å². The molecule has 0 fully saturated rings. The van der Waals surface area contributed by atoms with Crippen LogP contribution in [0.15, 0.2) is 45.7 Å². The summed E-state index contributed by atoms with van der Waals surface area (Å²) >= 11 is 0. The summed E-state index contributed by atoms with van der Waals surface area (Å²) in [5.74, 6) is 1.01. The van der Waals surface area contributed by atoms with Crippen molar-refractivity contribution in [3.05, 3.63) is 47.5 Å². The normalized spacial score (nSPS) is 15.7. The molecular formula is C18H22FN5O. The smallest absolute Gasteiger partial charge is 0.187 e. The minimum Gasteiger partial charge on any atom is -0.382 e. The fourth-order valence-corrected chi connectivity index (χ4v) is 2.66. The van der Waals surface area contributed by atoms with Crippen LogP contribution in [0.3, 0.4) is 0 Å². The van der Waals surface area contributed by atoms with E-state index >= 15 is 0 Å². The summed E-state index contributed by atoms with van der Waals surface area (Å²) < 4.78 is 18.3. The highest BCUT2D eigenvalue weighted by atomic mass is 19.1. The largest absolute Gasteiger partial charge is 0.382 e. The second-order valence-electron chi connectivity index (χ2n) is 6.11. The van der Waals surface area contributed by atoms with Gasteiger partial charge in [0, 0.05) is 38.0 Å². The van der Waals surface area contributed by atoms with Crippen molar-refractivity contribution in [2.24, 2.45) is 10.7 Å². The summed E-state index contributed by atoms with van der Waals surface area (Å²) in [6, 6.07) is 9.78. The Morgan fingerprint density at radius 3 is 2.80 bits per heavy atom. The highest BCUT2D eigenvalue weighted by Crippen LogP contribution is 2.27. The molecule has 0 saturated heterocycles. The molecule has 6 nitrogen and oxygen atoms in total. The Bertz CT molecular complexity index is 779. The molecule has 1 aromatic heterocycles. The Morgan fingerprint density at radius 2 is 2.12 bits per heavy atom. The Balaban J connectivity index is 1.73. The van der Waals surface area contributed by atoms with Gasteiger partial charge in [-0.1, -0.05) is 29.4 Å². The number of nitrogens with one attached hydrogen (secondary N) is 1. The maximum absolute atomic E-state index is 12.8. The van der Waals surface area contributed by atoms with Crippen molar-refractivity contribution in [2.75, 3.05) is 20.1 Å². The lowest BCUT2D eigenvalue weighted by atomic mass is 10.1. The molecule has 1 unspecified atom stereocenters. The number of hydrogen-bond donors (Lipinski definition) is 2. The molecule has 2 heterocycles. The van der Waals surface area contributed by atoms with E-state index in [2.05, 4.69) is 15.5 Å². The predicted molar refractivity (Wildman–Crippen MR) is 96.4 cm³/mol. The minimum absolute atomic E-state index is 0.348. The van der Waals surface area contributed by atoms with Crippen LogP contribution in [0.5, 0.6) is 0 Å². The van der Waals surface area contributed by atoms with Crippen LogP contribution >= 0.6 is 0 Å². The van der Waals surface area contributed by atoms with E-state index in [-0.39, 0.29) is 0 Å². The number of benzene rings is 1. The molecule has 1 aromatic carbocycles. The number of hydrogen-bond acceptors (Lipinski definition) is 6. The zero-order valence-electron chi connectivity index (χ0n) is 14.4. The van der Waals surface area contributed by atoms with Gasteiger partial charge in [-0.15, -0.1) is 0 Å². The van der Waals surface area contributed by atoms with Crippen molar-refractivity contribution in [1.82, 2.24) is 15.4 Å². The van der Waals surface area contributed by atoms with Gasteiger partial charge in [-0.2, -0.15) is 0 Å². The average molecular weight is 343 g/mol. The lowest BCUT2D eigenvalue weighted by molar-refractivity contribution is 0.344. The van der Waals surface area contributed by atoms with Gasteiger partial charge in [0.2, 0.25) is 0 Å². The van der Waals surface area contributed by atoms with Crippen LogP contribution < -0.4 is 11.1 Å². The highest BCUT2D eigenvalue weighted by Gasteiger charge is 2.19. The van der Waals surface area contributed by atoms with Gasteiger partial charge >= 0.3 is 0 Å². The first-order valence-corrected chi connectivity index (χ1v) is 8.19. The van der Waals surface area contributed by atoms with Crippen molar-refractivity contribution >= 4 is 11.9 Å². The Labute approximate surface area is 146 Å². The van der Waals surface area contributed by atoms with Crippen molar-refractivity contribution in [1.29, 1.82) is 0 Å². The molecule has 25 heavy (non-hydrogen) atoms. The SMILES string of the molecule is CC(F)CNCc1ccc(-c2cc(C3=C(N)N=CCN3C)on2)cc1. The molecule has 0 saturated carbocycles. The van der Waals surface area contributed by atoms with Gasteiger partial charge in [0.1, 0.15) is 17.6 Å². The van der Waals surface area contributed by atoms with E-state index in [1.807, 2.05) is 42.3 Å². The second kappa shape index (κ2) is 7.48. The minimum atomic E-state index is -0.850. The third kappa shape index (κ3) is 4.06. The second-order valence-corrected chi connectivity index (χ2v) is 6.11. The molecule has 1 aliphatic rings. The first-order chi connectivity index (χ1) is 12.0. The van der Waals surface area contributed by atoms with Crippen LogP contribution in [-0.2, 0) is 6.54 Å². The number of halogens is 1. The fraction of sp³-hybridized carbons (Fsp3) is 0.333. The topological polar surface area (TPSA) is 79.7 Å². The van der Waals surface area contributed by atoms with Crippen molar-refractivity contribution < 1.29 is 8.91 Å². The van der Waals surface area contributed by atoms with Crippen LogP contribution in [0.2, 0.25) is 0 Å². The number of aromatic nitrogens is 1. The van der Waals surface area contributed by atoms with Gasteiger partial charge in [-0.25, -0.2) is 9.38 Å². The van der Waals surface area contributed by atoms with E-state index in [4.69, 9.17) is 10.3 Å². The quantitative estimate of drug-likeness (QED) is 0.842. The fourth-order valence-electron chi connectivity index (χ4n) is 2.66. The zero-order chi connectivity index (χ0) is 17.8. The van der Waals surface area contributed by atoms with Gasteiger partial charge in [0.15, 0.2) is 11.6 Å². The van der Waals surface area contributed by atoms with Gasteiger partial charge < -0.3 is 20.5 Å². The van der Waals surface area contributed by atoms with E-state index in [1.54, 1.807) is 6.21 Å². The third-order valence-electron chi connectivity index (χ3n) is 3.96. The Hall–Kier alpha value is -2.67. The van der Waals surface area contributed by atoms with Gasteiger partial charge in [0.05, 0.1) is 6.54 Å². The van der Waals surface area contributed by atoms with Crippen LogP contribution in [0.4, 0.5) is 4.39 Å². The van der Waals surface area contributed by atoms with E-state index in [0.29, 0.717) is 31.2 Å². The molecule has 0 amide bonds. The summed E-state index contributed by atoms with van der Waals surface area (Å²) in [7, 11) is 1.93. The van der Waals surface area contributed by atoms with Gasteiger partial charge in [-0.3, -0.25) is 0 Å². The van der Waals surface area contributed by atoms with Crippen molar-refractivity contribution in [3.8, 4) is 11.3 Å². The molecule has 7 heteroatoms. The highest BCUT2D eigenvalue weighted by molar-refractivity contribution is 5.75. The molecular weight excluding hydrogens is 321 g/mol. The molecule has 0 bridgehead atoms. The summed E-state index contributed by atoms with van der Waals surface area (Å²) in [6.45, 7) is 3.19. The summed E-state index contributed by atoms with van der Waals surface area (Å²) in [5, 5.41) is 7.21. The number of rotatable bonds is 6. The number of nitrogens with zero attached hydrogens (tertiary/aromatic N) is 3. The molecule has 1 atom stereocenters. The number of alkyl halides is 1. The Morgan fingerprint density at radius 1 is 1.36 bits per heavy atom. The lowest BCUT2D eigenvalue weighted by Crippen LogP contribution is -2.25. The van der Waals surface area contributed by atoms with Crippen molar-refractivity contribution in [3.63, 3.8) is 0 Å². The Kier molecular flexibility index (Phi) is 5.14. The summed E-state index contributed by atoms with van der Waals surface area (Å²) in [4.78, 5) is 6.11. The molecule has 0 spiro atoms. The first kappa shape index (κ1) is 17.2. The lowest BCUT2D eigenvalue weighted by Gasteiger charge is -2.22. The van der Waals surface area contributed by atoms with Crippen LogP contribution in [0, 0.1) is 0 Å². The van der Waals surface area contributed by atoms with Crippen LogP contribution in [-0.4, -0.2) is 42.6 Å². The molecule has 3 N–H and O–H groups in total. The van der Waals surface area contributed by atoms with E-state index < -0.39 is 6.17 Å². The van der Waals surface area contributed by atoms with Gasteiger partial charge in [-0.05, 0) is 12.5 Å². The van der Waals surface area contributed by atoms with Crippen LogP contribution in [0.1, 0.15) is 18.2 Å². The first-order valence-electron chi connectivity index (χ1n) is 8.19. The predicted octanol–water partition coefficient (Wildman–Crippen LogP) is 2.39. The summed E-state index contributed by atoms with van der Waals surface area (Å²) in [5.41, 5.74) is 9.45. The molecule has 0 radical (unpaired) electrons. The maximum Gasteiger partial charge on any atom is 0.187 e. The standard InChI is InChI=1S/C18H22FN5O/c1-12(19)10-21-11-13-3-5-14(6-4-13)15-9-16(25-23-15)17-18(20)22-7-8-24(17)2/h3-7,9,12,21H,8,10-11,20H2,1-2H3. The zero-order valence-corrected chi connectivity index (χ0v) is 14.4. The number of nitrogens with two attached hydrogens (primary N) is 1.